The molecule has 0 bridgehead atoms. The number of aliphatic hydroxyl groups excluding tert-OH is 1. The van der Waals surface area contributed by atoms with Crippen LogP contribution in [0.4, 0.5) is 0 Å². The van der Waals surface area contributed by atoms with Crippen molar-refractivity contribution in [3.05, 3.63) is 0 Å². The maximum atomic E-state index is 10.7. The van der Waals surface area contributed by atoms with E-state index >= 15 is 0 Å². The Balaban J connectivity index is 2.95. The van der Waals surface area contributed by atoms with Gasteiger partial charge in [-0.25, -0.2) is 5.84 Å². The topological polar surface area (TPSA) is 75.3 Å². The van der Waals surface area contributed by atoms with Crippen LogP contribution in [0.5, 0.6) is 0 Å². The van der Waals surface area contributed by atoms with Gasteiger partial charge < -0.3 is 5.11 Å². The fraction of sp³-hybridized carbons (Fsp3) is 0.889. The summed E-state index contributed by atoms with van der Waals surface area (Å²) in [5, 5.41) is 8.53. The average molecular weight is 220 g/mol. The molecule has 0 spiro atoms. The van der Waals surface area contributed by atoms with E-state index < -0.39 is 0 Å². The number of amides is 1. The third-order valence-corrected chi connectivity index (χ3v) is 2.95. The standard InChI is InChI=1S/C9H20N2O2S/c10-11-9(13)5-2-1-3-7-14-8-4-6-12/h12H,1-8,10H2,(H,11,13). The number of carbonyl (C=O) groups excluding carboxylic acids is 1. The second-order valence-corrected chi connectivity index (χ2v) is 4.29. The number of hydrazine groups is 1. The molecular weight excluding hydrogens is 200 g/mol. The van der Waals surface area contributed by atoms with E-state index in [9.17, 15) is 4.79 Å². The number of thioether (sulfide) groups is 1. The minimum absolute atomic E-state index is 0.0852. The predicted octanol–water partition coefficient (Wildman–Crippen LogP) is 0.652. The largest absolute Gasteiger partial charge is 0.396 e. The van der Waals surface area contributed by atoms with Gasteiger partial charge >= 0.3 is 0 Å². The van der Waals surface area contributed by atoms with E-state index in [1.165, 1.54) is 0 Å². The molecule has 0 saturated carbocycles. The Kier molecular flexibility index (Phi) is 10.6. The first-order chi connectivity index (χ1) is 6.81. The van der Waals surface area contributed by atoms with Gasteiger partial charge in [-0.15, -0.1) is 0 Å². The molecule has 0 aromatic carbocycles. The van der Waals surface area contributed by atoms with Gasteiger partial charge in [-0.3, -0.25) is 10.2 Å². The zero-order chi connectivity index (χ0) is 10.6. The van der Waals surface area contributed by atoms with Gasteiger partial charge in [0.25, 0.3) is 0 Å². The van der Waals surface area contributed by atoms with E-state index in [-0.39, 0.29) is 12.5 Å². The summed E-state index contributed by atoms with van der Waals surface area (Å²) in [6.45, 7) is 0.281. The first kappa shape index (κ1) is 13.7. The smallest absolute Gasteiger partial charge is 0.233 e. The molecule has 14 heavy (non-hydrogen) atoms. The molecule has 0 atom stereocenters. The van der Waals surface area contributed by atoms with Crippen LogP contribution in [0.15, 0.2) is 0 Å². The minimum Gasteiger partial charge on any atom is -0.396 e. The molecule has 84 valence electrons. The Morgan fingerprint density at radius 3 is 2.57 bits per heavy atom. The Hall–Kier alpha value is -0.260. The maximum Gasteiger partial charge on any atom is 0.233 e. The zero-order valence-electron chi connectivity index (χ0n) is 8.50. The highest BCUT2D eigenvalue weighted by molar-refractivity contribution is 7.99. The van der Waals surface area contributed by atoms with Crippen molar-refractivity contribution in [2.75, 3.05) is 18.1 Å². The Labute approximate surface area is 89.6 Å². The summed E-state index contributed by atoms with van der Waals surface area (Å²) in [4.78, 5) is 10.7. The van der Waals surface area contributed by atoms with Gasteiger partial charge in [0, 0.05) is 13.0 Å². The lowest BCUT2D eigenvalue weighted by molar-refractivity contribution is -0.121. The van der Waals surface area contributed by atoms with Crippen LogP contribution < -0.4 is 11.3 Å². The predicted molar refractivity (Wildman–Crippen MR) is 59.8 cm³/mol. The molecule has 0 radical (unpaired) electrons. The summed E-state index contributed by atoms with van der Waals surface area (Å²) >= 11 is 1.86. The maximum absolute atomic E-state index is 10.7. The summed E-state index contributed by atoms with van der Waals surface area (Å²) in [6.07, 6.45) is 4.51. The number of rotatable bonds is 9. The van der Waals surface area contributed by atoms with Crippen LogP contribution in [0.25, 0.3) is 0 Å². The lowest BCUT2D eigenvalue weighted by atomic mass is 10.2. The van der Waals surface area contributed by atoms with E-state index in [1.54, 1.807) is 0 Å². The normalized spacial score (nSPS) is 10.1. The van der Waals surface area contributed by atoms with Crippen molar-refractivity contribution < 1.29 is 9.90 Å². The highest BCUT2D eigenvalue weighted by atomic mass is 32.2. The summed E-state index contributed by atoms with van der Waals surface area (Å²) in [7, 11) is 0. The molecule has 4 nitrogen and oxygen atoms in total. The Morgan fingerprint density at radius 1 is 1.21 bits per heavy atom. The average Bonchev–Trinajstić information content (AvgIpc) is 2.21. The van der Waals surface area contributed by atoms with Gasteiger partial charge in [-0.1, -0.05) is 6.42 Å². The molecule has 0 fully saturated rings. The fourth-order valence-electron chi connectivity index (χ4n) is 1.01. The third kappa shape index (κ3) is 9.83. The molecule has 0 aliphatic heterocycles. The second kappa shape index (κ2) is 10.8. The molecule has 0 unspecified atom stereocenters. The molecule has 0 aliphatic rings. The minimum atomic E-state index is -0.0852. The van der Waals surface area contributed by atoms with E-state index in [1.807, 2.05) is 11.8 Å². The van der Waals surface area contributed by atoms with E-state index in [2.05, 4.69) is 5.43 Å². The van der Waals surface area contributed by atoms with Crippen molar-refractivity contribution in [1.82, 2.24) is 5.43 Å². The molecule has 0 aliphatic carbocycles. The van der Waals surface area contributed by atoms with Gasteiger partial charge in [0.05, 0.1) is 0 Å². The number of nitrogens with one attached hydrogen (secondary N) is 1. The molecule has 5 heteroatoms. The number of hydrogen-bond acceptors (Lipinski definition) is 4. The quantitative estimate of drug-likeness (QED) is 0.231. The van der Waals surface area contributed by atoms with Gasteiger partial charge in [-0.2, -0.15) is 11.8 Å². The van der Waals surface area contributed by atoms with Crippen LogP contribution >= 0.6 is 11.8 Å². The first-order valence-electron chi connectivity index (χ1n) is 4.99. The van der Waals surface area contributed by atoms with Crippen LogP contribution in [-0.4, -0.2) is 29.1 Å². The molecule has 0 aromatic heterocycles. The van der Waals surface area contributed by atoms with Gasteiger partial charge in [0.15, 0.2) is 0 Å². The molecule has 0 heterocycles. The highest BCUT2D eigenvalue weighted by Crippen LogP contribution is 2.08. The van der Waals surface area contributed by atoms with Crippen molar-refractivity contribution in [2.45, 2.75) is 32.1 Å². The van der Waals surface area contributed by atoms with Crippen LogP contribution in [0.1, 0.15) is 32.1 Å². The summed E-state index contributed by atoms with van der Waals surface area (Å²) in [5.74, 6) is 7.00. The van der Waals surface area contributed by atoms with Crippen molar-refractivity contribution >= 4 is 17.7 Å². The third-order valence-electron chi connectivity index (χ3n) is 1.80. The monoisotopic (exact) mass is 220 g/mol. The fourth-order valence-corrected chi connectivity index (χ4v) is 1.95. The summed E-state index contributed by atoms with van der Waals surface area (Å²) in [6, 6.07) is 0. The van der Waals surface area contributed by atoms with E-state index in [4.69, 9.17) is 10.9 Å². The number of nitrogens with two attached hydrogens (primary N) is 1. The SMILES string of the molecule is NNC(=O)CCCCCSCCCO. The van der Waals surface area contributed by atoms with Gasteiger partial charge in [0.1, 0.15) is 0 Å². The van der Waals surface area contributed by atoms with Crippen molar-refractivity contribution in [3.8, 4) is 0 Å². The van der Waals surface area contributed by atoms with Crippen LogP contribution in [-0.2, 0) is 4.79 Å². The molecular formula is C9H20N2O2S. The van der Waals surface area contributed by atoms with Crippen LogP contribution in [0, 0.1) is 0 Å². The summed E-state index contributed by atoms with van der Waals surface area (Å²) in [5.41, 5.74) is 2.11. The molecule has 0 rings (SSSR count). The molecule has 0 saturated heterocycles. The van der Waals surface area contributed by atoms with Gasteiger partial charge in [-0.05, 0) is 30.8 Å². The highest BCUT2D eigenvalue weighted by Gasteiger charge is 1.97. The van der Waals surface area contributed by atoms with Crippen LogP contribution in [0.2, 0.25) is 0 Å². The van der Waals surface area contributed by atoms with E-state index in [0.29, 0.717) is 6.42 Å². The lowest BCUT2D eigenvalue weighted by Crippen LogP contribution is -2.29. The summed E-state index contributed by atoms with van der Waals surface area (Å²) < 4.78 is 0. The van der Waals surface area contributed by atoms with Crippen LogP contribution in [0.3, 0.4) is 0 Å². The van der Waals surface area contributed by atoms with Crippen molar-refractivity contribution in [3.63, 3.8) is 0 Å². The number of aliphatic hydroxyl groups is 1. The molecule has 4 N–H and O–H groups in total. The number of unbranched alkanes of at least 4 members (excludes halogenated alkanes) is 2. The first-order valence-corrected chi connectivity index (χ1v) is 6.14. The zero-order valence-corrected chi connectivity index (χ0v) is 9.31. The Bertz CT molecular complexity index is 145. The number of carbonyl (C=O) groups is 1. The van der Waals surface area contributed by atoms with Crippen molar-refractivity contribution in [2.24, 2.45) is 5.84 Å². The lowest BCUT2D eigenvalue weighted by Gasteiger charge is -2.01. The Morgan fingerprint density at radius 2 is 1.93 bits per heavy atom. The van der Waals surface area contributed by atoms with E-state index in [0.717, 1.165) is 37.2 Å². The number of hydrogen-bond donors (Lipinski definition) is 3. The van der Waals surface area contributed by atoms with Gasteiger partial charge in [0.2, 0.25) is 5.91 Å². The molecule has 0 aromatic rings. The van der Waals surface area contributed by atoms with Crippen molar-refractivity contribution in [1.29, 1.82) is 0 Å². The second-order valence-electron chi connectivity index (χ2n) is 3.07. The molecule has 1 amide bonds.